The number of nitrogens with zero attached hydrogens (tertiary/aromatic N) is 1. The largest absolute Gasteiger partial charge is 0.340 e. The van der Waals surface area contributed by atoms with Crippen LogP contribution in [-0.2, 0) is 4.79 Å². The second-order valence-corrected chi connectivity index (χ2v) is 3.99. The molecule has 1 aliphatic heterocycles. The highest BCUT2D eigenvalue weighted by molar-refractivity contribution is 5.92. The Balaban J connectivity index is 0. The Hall–Kier alpha value is -1.51. The summed E-state index contributed by atoms with van der Waals surface area (Å²) >= 11 is 0. The normalized spacial score (nSPS) is 14.6. The van der Waals surface area contributed by atoms with E-state index in [0.717, 1.165) is 5.69 Å². The van der Waals surface area contributed by atoms with Crippen molar-refractivity contribution < 1.29 is 4.79 Å². The zero-order valence-corrected chi connectivity index (χ0v) is 14.4. The molecule has 0 atom stereocenters. The standard InChI is InChI=1S/C11H14N2O.3C2H6/c1-11(2)10(14)12-8-13(11)9-6-4-3-5-7-9;3*1-2/h3-7H,8H2,1-2H3,(H,12,14);3*1-2H3. The van der Waals surface area contributed by atoms with Gasteiger partial charge in [0.1, 0.15) is 5.54 Å². The second kappa shape index (κ2) is 11.3. The van der Waals surface area contributed by atoms with Crippen LogP contribution in [-0.4, -0.2) is 18.1 Å². The van der Waals surface area contributed by atoms with E-state index in [4.69, 9.17) is 0 Å². The summed E-state index contributed by atoms with van der Waals surface area (Å²) in [7, 11) is 0. The smallest absolute Gasteiger partial charge is 0.246 e. The highest BCUT2D eigenvalue weighted by atomic mass is 16.2. The van der Waals surface area contributed by atoms with Gasteiger partial charge in [0.25, 0.3) is 0 Å². The zero-order chi connectivity index (χ0) is 16.2. The van der Waals surface area contributed by atoms with Crippen LogP contribution >= 0.6 is 0 Å². The number of anilines is 1. The van der Waals surface area contributed by atoms with Crippen LogP contribution in [0.4, 0.5) is 5.69 Å². The van der Waals surface area contributed by atoms with Crippen LogP contribution in [0.1, 0.15) is 55.4 Å². The molecular weight excluding hydrogens is 248 g/mol. The summed E-state index contributed by atoms with van der Waals surface area (Å²) in [6.07, 6.45) is 0. The fourth-order valence-corrected chi connectivity index (χ4v) is 1.71. The Morgan fingerprint density at radius 1 is 0.950 bits per heavy atom. The molecule has 0 radical (unpaired) electrons. The molecule has 1 saturated heterocycles. The minimum absolute atomic E-state index is 0.0846. The Labute approximate surface area is 125 Å². The van der Waals surface area contributed by atoms with Crippen LogP contribution in [0.25, 0.3) is 0 Å². The molecule has 1 fully saturated rings. The highest BCUT2D eigenvalue weighted by Gasteiger charge is 2.40. The molecule has 3 heteroatoms. The number of rotatable bonds is 1. The first kappa shape index (κ1) is 20.8. The van der Waals surface area contributed by atoms with E-state index in [1.54, 1.807) is 0 Å². The van der Waals surface area contributed by atoms with Crippen molar-refractivity contribution in [1.29, 1.82) is 0 Å². The van der Waals surface area contributed by atoms with Crippen molar-refractivity contribution in [1.82, 2.24) is 5.32 Å². The molecule has 1 aliphatic rings. The Morgan fingerprint density at radius 2 is 1.40 bits per heavy atom. The van der Waals surface area contributed by atoms with Gasteiger partial charge in [-0.15, -0.1) is 0 Å². The molecule has 0 unspecified atom stereocenters. The third-order valence-electron chi connectivity index (χ3n) is 2.70. The second-order valence-electron chi connectivity index (χ2n) is 3.99. The van der Waals surface area contributed by atoms with Crippen LogP contribution in [0.5, 0.6) is 0 Å². The van der Waals surface area contributed by atoms with E-state index in [2.05, 4.69) is 10.2 Å². The molecule has 0 spiro atoms. The predicted molar refractivity (Wildman–Crippen MR) is 90.1 cm³/mol. The summed E-state index contributed by atoms with van der Waals surface area (Å²) in [5, 5.41) is 2.85. The van der Waals surface area contributed by atoms with Crippen molar-refractivity contribution in [2.24, 2.45) is 0 Å². The maximum atomic E-state index is 11.5. The maximum Gasteiger partial charge on any atom is 0.246 e. The maximum absolute atomic E-state index is 11.5. The lowest BCUT2D eigenvalue weighted by Gasteiger charge is -2.29. The molecule has 20 heavy (non-hydrogen) atoms. The van der Waals surface area contributed by atoms with Crippen LogP contribution in [0.2, 0.25) is 0 Å². The lowest BCUT2D eigenvalue weighted by Crippen LogP contribution is -2.43. The molecule has 1 aromatic carbocycles. The molecule has 1 amide bonds. The van der Waals surface area contributed by atoms with Crippen molar-refractivity contribution in [2.75, 3.05) is 11.6 Å². The molecule has 1 aromatic rings. The zero-order valence-electron chi connectivity index (χ0n) is 14.4. The van der Waals surface area contributed by atoms with Crippen molar-refractivity contribution in [3.8, 4) is 0 Å². The first-order chi connectivity index (χ1) is 9.62. The summed E-state index contributed by atoms with van der Waals surface area (Å²) < 4.78 is 0. The van der Waals surface area contributed by atoms with Gasteiger partial charge in [0.2, 0.25) is 5.91 Å². The summed E-state index contributed by atoms with van der Waals surface area (Å²) in [6.45, 7) is 16.5. The minimum atomic E-state index is -0.443. The fourth-order valence-electron chi connectivity index (χ4n) is 1.71. The third-order valence-corrected chi connectivity index (χ3v) is 2.70. The monoisotopic (exact) mass is 280 g/mol. The van der Waals surface area contributed by atoms with Gasteiger partial charge in [0.05, 0.1) is 6.67 Å². The minimum Gasteiger partial charge on any atom is -0.340 e. The molecule has 0 aromatic heterocycles. The summed E-state index contributed by atoms with van der Waals surface area (Å²) in [4.78, 5) is 13.6. The number of para-hydroxylation sites is 1. The highest BCUT2D eigenvalue weighted by Crippen LogP contribution is 2.26. The van der Waals surface area contributed by atoms with Gasteiger partial charge >= 0.3 is 0 Å². The number of carbonyl (C=O) groups is 1. The number of hydrogen-bond donors (Lipinski definition) is 1. The molecule has 116 valence electrons. The van der Waals surface area contributed by atoms with Crippen LogP contribution in [0.3, 0.4) is 0 Å². The Morgan fingerprint density at radius 3 is 1.75 bits per heavy atom. The molecule has 0 aliphatic carbocycles. The van der Waals surface area contributed by atoms with Gasteiger partial charge in [-0.05, 0) is 26.0 Å². The van der Waals surface area contributed by atoms with Crippen molar-refractivity contribution >= 4 is 11.6 Å². The Bertz CT molecular complexity index is 347. The van der Waals surface area contributed by atoms with Crippen LogP contribution < -0.4 is 10.2 Å². The molecule has 0 bridgehead atoms. The summed E-state index contributed by atoms with van der Waals surface area (Å²) in [5.74, 6) is 0.0846. The van der Waals surface area contributed by atoms with Crippen LogP contribution in [0, 0.1) is 0 Å². The van der Waals surface area contributed by atoms with Crippen molar-refractivity contribution in [3.05, 3.63) is 30.3 Å². The topological polar surface area (TPSA) is 32.3 Å². The number of benzene rings is 1. The average molecular weight is 280 g/mol. The summed E-state index contributed by atoms with van der Waals surface area (Å²) in [6, 6.07) is 9.97. The molecule has 3 nitrogen and oxygen atoms in total. The molecule has 1 N–H and O–H groups in total. The van der Waals surface area contributed by atoms with Gasteiger partial charge in [0.15, 0.2) is 0 Å². The first-order valence-electron chi connectivity index (χ1n) is 7.73. The third kappa shape index (κ3) is 5.24. The van der Waals surface area contributed by atoms with E-state index in [0.29, 0.717) is 6.67 Å². The number of carbonyl (C=O) groups excluding carboxylic acids is 1. The van der Waals surface area contributed by atoms with Gasteiger partial charge in [-0.2, -0.15) is 0 Å². The van der Waals surface area contributed by atoms with Gasteiger partial charge in [-0.25, -0.2) is 0 Å². The Kier molecular flexibility index (Phi) is 11.8. The predicted octanol–water partition coefficient (Wildman–Crippen LogP) is 4.44. The number of hydrogen-bond acceptors (Lipinski definition) is 2. The van der Waals surface area contributed by atoms with E-state index < -0.39 is 5.54 Å². The van der Waals surface area contributed by atoms with E-state index in [9.17, 15) is 4.79 Å². The first-order valence-corrected chi connectivity index (χ1v) is 7.73. The molecular formula is C17H32N2O. The number of amides is 1. The summed E-state index contributed by atoms with van der Waals surface area (Å²) in [5.41, 5.74) is 0.636. The number of nitrogens with one attached hydrogen (secondary N) is 1. The van der Waals surface area contributed by atoms with Gasteiger partial charge < -0.3 is 10.2 Å². The molecule has 0 saturated carbocycles. The van der Waals surface area contributed by atoms with Crippen molar-refractivity contribution in [2.45, 2.75) is 60.9 Å². The molecule has 1 heterocycles. The quantitative estimate of drug-likeness (QED) is 0.825. The molecule has 2 rings (SSSR count). The SMILES string of the molecule is CC.CC.CC.CC1(C)C(=O)NCN1c1ccccc1. The van der Waals surface area contributed by atoms with E-state index in [1.807, 2.05) is 85.7 Å². The van der Waals surface area contributed by atoms with Gasteiger partial charge in [-0.1, -0.05) is 59.7 Å². The van der Waals surface area contributed by atoms with Crippen molar-refractivity contribution in [3.63, 3.8) is 0 Å². The lowest BCUT2D eigenvalue weighted by molar-refractivity contribution is -0.122. The lowest BCUT2D eigenvalue weighted by atomic mass is 10.0. The van der Waals surface area contributed by atoms with Crippen LogP contribution in [0.15, 0.2) is 30.3 Å². The fraction of sp³-hybridized carbons (Fsp3) is 0.588. The van der Waals surface area contributed by atoms with E-state index >= 15 is 0 Å². The van der Waals surface area contributed by atoms with E-state index in [-0.39, 0.29) is 5.91 Å². The van der Waals surface area contributed by atoms with E-state index in [1.165, 1.54) is 0 Å². The van der Waals surface area contributed by atoms with Gasteiger partial charge in [0, 0.05) is 5.69 Å². The average Bonchev–Trinajstić information content (AvgIpc) is 2.80. The van der Waals surface area contributed by atoms with Gasteiger partial charge in [-0.3, -0.25) is 4.79 Å².